The van der Waals surface area contributed by atoms with E-state index in [2.05, 4.69) is 5.43 Å². The van der Waals surface area contributed by atoms with E-state index in [1.807, 2.05) is 13.8 Å². The van der Waals surface area contributed by atoms with Crippen molar-refractivity contribution in [2.24, 2.45) is 28.8 Å². The van der Waals surface area contributed by atoms with E-state index >= 15 is 0 Å². The normalized spacial score (nSPS) is 13.7. The molecule has 0 amide bonds. The van der Waals surface area contributed by atoms with Gasteiger partial charge in [0, 0.05) is 0 Å². The first-order valence-electron chi connectivity index (χ1n) is 4.69. The van der Waals surface area contributed by atoms with Crippen molar-refractivity contribution in [3.63, 3.8) is 0 Å². The second kappa shape index (κ2) is 5.04. The summed E-state index contributed by atoms with van der Waals surface area (Å²) in [6.45, 7) is 3.95. The average Bonchev–Trinajstić information content (AvgIpc) is 2.19. The second-order valence-electron chi connectivity index (χ2n) is 3.40. The maximum absolute atomic E-state index is 5.94. The maximum Gasteiger partial charge on any atom is 0.114 e. The third kappa shape index (κ3) is 2.28. The first-order chi connectivity index (χ1) is 6.45. The highest BCUT2D eigenvalue weighted by Crippen LogP contribution is 2.20. The summed E-state index contributed by atoms with van der Waals surface area (Å²) in [7, 11) is 0. The lowest BCUT2D eigenvalue weighted by Crippen LogP contribution is -2.62. The van der Waals surface area contributed by atoms with Crippen molar-refractivity contribution in [1.29, 1.82) is 0 Å². The molecule has 0 heterocycles. The molecular weight excluding hydrogens is 180 g/mol. The van der Waals surface area contributed by atoms with E-state index in [9.17, 15) is 0 Å². The molecule has 0 aliphatic rings. The number of hydrogen-bond donors (Lipinski definition) is 6. The number of nitrogens with two attached hydrogens (primary N) is 5. The van der Waals surface area contributed by atoms with Crippen molar-refractivity contribution in [3.05, 3.63) is 11.5 Å². The predicted octanol–water partition coefficient (Wildman–Crippen LogP) is -1.62. The van der Waals surface area contributed by atoms with Crippen molar-refractivity contribution in [3.8, 4) is 0 Å². The van der Waals surface area contributed by atoms with Gasteiger partial charge in [-0.2, -0.15) is 0 Å². The van der Waals surface area contributed by atoms with Gasteiger partial charge in [0.05, 0.1) is 17.3 Å². The van der Waals surface area contributed by atoms with Gasteiger partial charge in [-0.15, -0.1) is 0 Å². The Bertz CT molecular complexity index is 196. The minimum absolute atomic E-state index is 0.0547. The fraction of sp³-hybridized carbons (Fsp3) is 0.750. The zero-order valence-corrected chi connectivity index (χ0v) is 8.88. The van der Waals surface area contributed by atoms with Crippen LogP contribution in [0.1, 0.15) is 26.7 Å². The summed E-state index contributed by atoms with van der Waals surface area (Å²) < 4.78 is 0. The molecule has 6 heteroatoms. The van der Waals surface area contributed by atoms with Crippen LogP contribution < -0.4 is 34.2 Å². The van der Waals surface area contributed by atoms with Crippen LogP contribution in [0.15, 0.2) is 11.5 Å². The van der Waals surface area contributed by atoms with Gasteiger partial charge in [0.15, 0.2) is 0 Å². The average molecular weight is 202 g/mol. The van der Waals surface area contributed by atoms with E-state index in [1.165, 1.54) is 0 Å². The van der Waals surface area contributed by atoms with Crippen molar-refractivity contribution < 1.29 is 0 Å². The zero-order valence-electron chi connectivity index (χ0n) is 8.88. The van der Waals surface area contributed by atoms with Crippen molar-refractivity contribution >= 4 is 0 Å². The standard InChI is InChI=1S/C8H22N6/c1-3-8(4-2,14-13)6(10)5(9)7(11)12/h6,14H,3-4,9-13H2,1-2H3. The fourth-order valence-electron chi connectivity index (χ4n) is 1.46. The fourth-order valence-corrected chi connectivity index (χ4v) is 1.46. The van der Waals surface area contributed by atoms with Crippen molar-refractivity contribution in [2.45, 2.75) is 38.3 Å². The second-order valence-corrected chi connectivity index (χ2v) is 3.40. The molecule has 0 saturated heterocycles. The highest BCUT2D eigenvalue weighted by atomic mass is 15.3. The molecular formula is C8H22N6. The zero-order chi connectivity index (χ0) is 11.4. The molecule has 0 saturated carbocycles. The number of hydrazine groups is 1. The van der Waals surface area contributed by atoms with Crippen LogP contribution in [-0.2, 0) is 0 Å². The Kier molecular flexibility index (Phi) is 4.69. The minimum atomic E-state index is -0.479. The maximum atomic E-state index is 5.94. The largest absolute Gasteiger partial charge is 0.398 e. The van der Waals surface area contributed by atoms with Gasteiger partial charge >= 0.3 is 0 Å². The summed E-state index contributed by atoms with van der Waals surface area (Å²) in [5, 5.41) is 0. The van der Waals surface area contributed by atoms with Gasteiger partial charge in [-0.25, -0.2) is 0 Å². The molecule has 84 valence electrons. The molecule has 0 fully saturated rings. The van der Waals surface area contributed by atoms with Crippen LogP contribution in [-0.4, -0.2) is 11.6 Å². The first-order valence-corrected chi connectivity index (χ1v) is 4.69. The van der Waals surface area contributed by atoms with E-state index in [1.54, 1.807) is 0 Å². The van der Waals surface area contributed by atoms with Gasteiger partial charge in [-0.3, -0.25) is 11.3 Å². The minimum Gasteiger partial charge on any atom is -0.398 e. The molecule has 1 atom stereocenters. The molecule has 0 aliphatic carbocycles. The number of rotatable bonds is 5. The lowest BCUT2D eigenvalue weighted by atomic mass is 9.84. The van der Waals surface area contributed by atoms with Crippen LogP contribution in [0, 0.1) is 0 Å². The lowest BCUT2D eigenvalue weighted by molar-refractivity contribution is 0.267. The summed E-state index contributed by atoms with van der Waals surface area (Å²) in [6, 6.07) is -0.479. The quantitative estimate of drug-likeness (QED) is 0.234. The van der Waals surface area contributed by atoms with E-state index in [4.69, 9.17) is 28.8 Å². The van der Waals surface area contributed by atoms with Gasteiger partial charge < -0.3 is 22.9 Å². The summed E-state index contributed by atoms with van der Waals surface area (Å²) >= 11 is 0. The van der Waals surface area contributed by atoms with Gasteiger partial charge in [0.2, 0.25) is 0 Å². The van der Waals surface area contributed by atoms with Crippen LogP contribution in [0.4, 0.5) is 0 Å². The molecule has 0 bridgehead atoms. The molecule has 0 aliphatic heterocycles. The van der Waals surface area contributed by atoms with Gasteiger partial charge in [0.25, 0.3) is 0 Å². The molecule has 0 spiro atoms. The van der Waals surface area contributed by atoms with Crippen LogP contribution >= 0.6 is 0 Å². The van der Waals surface area contributed by atoms with Crippen LogP contribution in [0.25, 0.3) is 0 Å². The first kappa shape index (κ1) is 13.0. The SMILES string of the molecule is CCC(CC)(NN)C(N)C(N)=C(N)N. The van der Waals surface area contributed by atoms with E-state index < -0.39 is 11.6 Å². The smallest absolute Gasteiger partial charge is 0.114 e. The molecule has 0 aromatic carbocycles. The van der Waals surface area contributed by atoms with E-state index in [0.717, 1.165) is 12.8 Å². The molecule has 14 heavy (non-hydrogen) atoms. The van der Waals surface area contributed by atoms with Crippen molar-refractivity contribution in [2.75, 3.05) is 0 Å². The molecule has 0 rings (SSSR count). The third-order valence-electron chi connectivity index (χ3n) is 2.81. The molecule has 11 N–H and O–H groups in total. The van der Waals surface area contributed by atoms with Crippen LogP contribution in [0.5, 0.6) is 0 Å². The van der Waals surface area contributed by atoms with Crippen LogP contribution in [0.2, 0.25) is 0 Å². The van der Waals surface area contributed by atoms with E-state index in [-0.39, 0.29) is 11.5 Å². The Morgan fingerprint density at radius 1 is 1.21 bits per heavy atom. The van der Waals surface area contributed by atoms with Crippen molar-refractivity contribution in [1.82, 2.24) is 5.43 Å². The monoisotopic (exact) mass is 202 g/mol. The Morgan fingerprint density at radius 2 is 1.64 bits per heavy atom. The molecule has 6 nitrogen and oxygen atoms in total. The Morgan fingerprint density at radius 3 is 1.86 bits per heavy atom. The third-order valence-corrected chi connectivity index (χ3v) is 2.81. The number of hydrogen-bond acceptors (Lipinski definition) is 6. The molecule has 1 unspecified atom stereocenters. The van der Waals surface area contributed by atoms with Gasteiger partial charge in [-0.1, -0.05) is 13.8 Å². The Hall–Kier alpha value is -0.980. The highest BCUT2D eigenvalue weighted by molar-refractivity contribution is 5.18. The lowest BCUT2D eigenvalue weighted by Gasteiger charge is -2.37. The summed E-state index contributed by atoms with van der Waals surface area (Å²) in [6.07, 6.45) is 1.49. The van der Waals surface area contributed by atoms with Gasteiger partial charge in [0.1, 0.15) is 5.82 Å². The number of nitrogens with one attached hydrogen (secondary N) is 1. The van der Waals surface area contributed by atoms with Crippen LogP contribution in [0.3, 0.4) is 0 Å². The molecule has 0 aromatic heterocycles. The molecule has 0 aromatic rings. The molecule has 0 radical (unpaired) electrons. The predicted molar refractivity (Wildman–Crippen MR) is 58.2 cm³/mol. The summed E-state index contributed by atoms with van der Waals surface area (Å²) in [4.78, 5) is 0. The summed E-state index contributed by atoms with van der Waals surface area (Å²) in [5.41, 5.74) is 24.9. The van der Waals surface area contributed by atoms with E-state index in [0.29, 0.717) is 0 Å². The summed E-state index contributed by atoms with van der Waals surface area (Å²) in [5.74, 6) is 5.53. The Balaban J connectivity index is 4.95. The Labute approximate surface area is 84.8 Å². The van der Waals surface area contributed by atoms with Gasteiger partial charge in [-0.05, 0) is 12.8 Å². The topological polar surface area (TPSA) is 142 Å². The highest BCUT2D eigenvalue weighted by Gasteiger charge is 2.34.